The number of esters is 1. The summed E-state index contributed by atoms with van der Waals surface area (Å²) in [4.78, 5) is 36.4. The van der Waals surface area contributed by atoms with Gasteiger partial charge in [0.05, 0.1) is 30.2 Å². The molecular weight excluding hydrogens is 356 g/mol. The zero-order valence-electron chi connectivity index (χ0n) is 14.0. The Balaban J connectivity index is 1.60. The lowest BCUT2D eigenvalue weighted by molar-refractivity contribution is -0.122. The highest BCUT2D eigenvalue weighted by atomic mass is 35.5. The van der Waals surface area contributed by atoms with Crippen LogP contribution in [0, 0.1) is 11.8 Å². The molecule has 2 amide bonds. The van der Waals surface area contributed by atoms with Gasteiger partial charge < -0.3 is 15.4 Å². The van der Waals surface area contributed by atoms with Crippen molar-refractivity contribution >= 4 is 40.8 Å². The Kier molecular flexibility index (Phi) is 5.23. The van der Waals surface area contributed by atoms with Crippen LogP contribution < -0.4 is 10.6 Å². The molecule has 0 radical (unpaired) electrons. The molecule has 1 fully saturated rings. The summed E-state index contributed by atoms with van der Waals surface area (Å²) in [5.41, 5.74) is 1.26. The van der Waals surface area contributed by atoms with Gasteiger partial charge in [0, 0.05) is 10.7 Å². The standard InChI is InChI=1S/C19H17ClN2O4/c1-26-19(25)13-4-2-3-5-16(13)22-18(24)15-10-14(15)17(23)21-12-8-6-11(20)7-9-12/h2-9,14-15H,10H2,1H3,(H,21,23)(H,22,24). The van der Waals surface area contributed by atoms with Gasteiger partial charge in [0.15, 0.2) is 0 Å². The summed E-state index contributed by atoms with van der Waals surface area (Å²) in [7, 11) is 1.28. The maximum Gasteiger partial charge on any atom is 0.339 e. The number of carbonyl (C=O) groups is 3. The van der Waals surface area contributed by atoms with E-state index in [1.807, 2.05) is 0 Å². The number of amides is 2. The molecule has 2 aromatic carbocycles. The first-order valence-electron chi connectivity index (χ1n) is 8.04. The molecule has 2 aromatic rings. The Morgan fingerprint density at radius 1 is 0.962 bits per heavy atom. The summed E-state index contributed by atoms with van der Waals surface area (Å²) in [6.45, 7) is 0. The molecule has 0 aromatic heterocycles. The summed E-state index contributed by atoms with van der Waals surface area (Å²) in [6, 6.07) is 13.3. The van der Waals surface area contributed by atoms with E-state index in [4.69, 9.17) is 16.3 Å². The normalized spacial score (nSPS) is 17.9. The van der Waals surface area contributed by atoms with E-state index in [0.29, 0.717) is 22.8 Å². The summed E-state index contributed by atoms with van der Waals surface area (Å²) in [5, 5.41) is 6.05. The van der Waals surface area contributed by atoms with Crippen LogP contribution in [0.3, 0.4) is 0 Å². The third-order valence-electron chi connectivity index (χ3n) is 4.17. The highest BCUT2D eigenvalue weighted by molar-refractivity contribution is 6.30. The summed E-state index contributed by atoms with van der Waals surface area (Å²) in [6.07, 6.45) is 0.464. The van der Waals surface area contributed by atoms with Crippen molar-refractivity contribution in [2.24, 2.45) is 11.8 Å². The number of halogens is 1. The third kappa shape index (κ3) is 4.03. The fourth-order valence-electron chi connectivity index (χ4n) is 2.65. The average molecular weight is 373 g/mol. The first kappa shape index (κ1) is 17.9. The van der Waals surface area contributed by atoms with Crippen LogP contribution in [0.1, 0.15) is 16.8 Å². The molecule has 7 heteroatoms. The molecule has 26 heavy (non-hydrogen) atoms. The first-order chi connectivity index (χ1) is 12.5. The molecule has 2 unspecified atom stereocenters. The molecule has 2 N–H and O–H groups in total. The Morgan fingerprint density at radius 2 is 1.58 bits per heavy atom. The van der Waals surface area contributed by atoms with Crippen molar-refractivity contribution in [3.05, 3.63) is 59.1 Å². The number of carbonyl (C=O) groups excluding carboxylic acids is 3. The van der Waals surface area contributed by atoms with E-state index in [1.54, 1.807) is 48.5 Å². The van der Waals surface area contributed by atoms with E-state index in [9.17, 15) is 14.4 Å². The van der Waals surface area contributed by atoms with Crippen LogP contribution >= 0.6 is 11.6 Å². The molecule has 0 aliphatic heterocycles. The fraction of sp³-hybridized carbons (Fsp3) is 0.211. The molecule has 0 heterocycles. The van der Waals surface area contributed by atoms with Crippen LogP contribution in [-0.2, 0) is 14.3 Å². The Labute approximate surface area is 155 Å². The van der Waals surface area contributed by atoms with E-state index in [2.05, 4.69) is 10.6 Å². The topological polar surface area (TPSA) is 84.5 Å². The van der Waals surface area contributed by atoms with Crippen LogP contribution in [0.15, 0.2) is 48.5 Å². The second-order valence-electron chi connectivity index (χ2n) is 5.97. The minimum absolute atomic E-state index is 0.214. The molecule has 3 rings (SSSR count). The van der Waals surface area contributed by atoms with Gasteiger partial charge in [0.2, 0.25) is 11.8 Å². The SMILES string of the molecule is COC(=O)c1ccccc1NC(=O)C1CC1C(=O)Nc1ccc(Cl)cc1. The van der Waals surface area contributed by atoms with E-state index in [0.717, 1.165) is 0 Å². The first-order valence-corrected chi connectivity index (χ1v) is 8.42. The maximum atomic E-state index is 12.4. The third-order valence-corrected chi connectivity index (χ3v) is 4.42. The highest BCUT2D eigenvalue weighted by Crippen LogP contribution is 2.40. The van der Waals surface area contributed by atoms with Crippen molar-refractivity contribution in [2.75, 3.05) is 17.7 Å². The van der Waals surface area contributed by atoms with E-state index in [1.165, 1.54) is 7.11 Å². The van der Waals surface area contributed by atoms with Gasteiger partial charge in [-0.15, -0.1) is 0 Å². The van der Waals surface area contributed by atoms with Gasteiger partial charge in [-0.3, -0.25) is 9.59 Å². The van der Waals surface area contributed by atoms with Crippen molar-refractivity contribution in [1.29, 1.82) is 0 Å². The number of hydrogen-bond donors (Lipinski definition) is 2. The monoisotopic (exact) mass is 372 g/mol. The average Bonchev–Trinajstić information content (AvgIpc) is 3.44. The Bertz CT molecular complexity index is 851. The lowest BCUT2D eigenvalue weighted by atomic mass is 10.1. The van der Waals surface area contributed by atoms with Crippen molar-refractivity contribution in [3.63, 3.8) is 0 Å². The van der Waals surface area contributed by atoms with Crippen molar-refractivity contribution in [2.45, 2.75) is 6.42 Å². The lowest BCUT2D eigenvalue weighted by Crippen LogP contribution is -2.21. The largest absolute Gasteiger partial charge is 0.465 e. The van der Waals surface area contributed by atoms with Gasteiger partial charge in [-0.05, 0) is 42.8 Å². The summed E-state index contributed by atoms with van der Waals surface area (Å²) >= 11 is 5.81. The maximum absolute atomic E-state index is 12.4. The number of hydrogen-bond acceptors (Lipinski definition) is 4. The number of para-hydroxylation sites is 1. The molecule has 0 bridgehead atoms. The van der Waals surface area contributed by atoms with Crippen LogP contribution in [-0.4, -0.2) is 24.9 Å². The number of ether oxygens (including phenoxy) is 1. The van der Waals surface area contributed by atoms with E-state index < -0.39 is 17.8 Å². The molecule has 6 nitrogen and oxygen atoms in total. The highest BCUT2D eigenvalue weighted by Gasteiger charge is 2.48. The number of nitrogens with one attached hydrogen (secondary N) is 2. The van der Waals surface area contributed by atoms with Gasteiger partial charge in [-0.2, -0.15) is 0 Å². The van der Waals surface area contributed by atoms with Crippen LogP contribution in [0.4, 0.5) is 11.4 Å². The quantitative estimate of drug-likeness (QED) is 0.788. The predicted octanol–water partition coefficient (Wildman–Crippen LogP) is 3.34. The molecule has 0 spiro atoms. The van der Waals surface area contributed by atoms with Crippen LogP contribution in [0.25, 0.3) is 0 Å². The number of methoxy groups -OCH3 is 1. The number of rotatable bonds is 5. The van der Waals surface area contributed by atoms with E-state index in [-0.39, 0.29) is 17.4 Å². The van der Waals surface area contributed by atoms with Gasteiger partial charge >= 0.3 is 5.97 Å². The minimum Gasteiger partial charge on any atom is -0.465 e. The van der Waals surface area contributed by atoms with Gasteiger partial charge in [0.25, 0.3) is 0 Å². The number of benzene rings is 2. The second kappa shape index (κ2) is 7.58. The van der Waals surface area contributed by atoms with Crippen molar-refractivity contribution in [3.8, 4) is 0 Å². The molecule has 2 atom stereocenters. The molecule has 1 aliphatic rings. The number of anilines is 2. The smallest absolute Gasteiger partial charge is 0.339 e. The van der Waals surface area contributed by atoms with Gasteiger partial charge in [-0.1, -0.05) is 23.7 Å². The zero-order chi connectivity index (χ0) is 18.7. The summed E-state index contributed by atoms with van der Waals surface area (Å²) in [5.74, 6) is -1.86. The van der Waals surface area contributed by atoms with E-state index >= 15 is 0 Å². The van der Waals surface area contributed by atoms with Gasteiger partial charge in [-0.25, -0.2) is 4.79 Å². The van der Waals surface area contributed by atoms with Gasteiger partial charge in [0.1, 0.15) is 0 Å². The predicted molar refractivity (Wildman–Crippen MR) is 98.1 cm³/mol. The Morgan fingerprint density at radius 3 is 2.23 bits per heavy atom. The molecular formula is C19H17ClN2O4. The second-order valence-corrected chi connectivity index (χ2v) is 6.41. The minimum atomic E-state index is -0.534. The van der Waals surface area contributed by atoms with Crippen LogP contribution in [0.5, 0.6) is 0 Å². The zero-order valence-corrected chi connectivity index (χ0v) is 14.7. The van der Waals surface area contributed by atoms with Crippen molar-refractivity contribution < 1.29 is 19.1 Å². The molecule has 1 aliphatic carbocycles. The van der Waals surface area contributed by atoms with Crippen molar-refractivity contribution in [1.82, 2.24) is 0 Å². The van der Waals surface area contributed by atoms with Crippen LogP contribution in [0.2, 0.25) is 5.02 Å². The molecule has 0 saturated heterocycles. The lowest BCUT2D eigenvalue weighted by Gasteiger charge is -2.09. The molecule has 134 valence electrons. The molecule has 1 saturated carbocycles. The Hall–Kier alpha value is -2.86. The summed E-state index contributed by atoms with van der Waals surface area (Å²) < 4.78 is 4.70. The fourth-order valence-corrected chi connectivity index (χ4v) is 2.77.